The molecule has 0 bridgehead atoms. The molecule has 7 nitrogen and oxygen atoms in total. The summed E-state index contributed by atoms with van der Waals surface area (Å²) in [5.41, 5.74) is 3.00. The van der Waals surface area contributed by atoms with Gasteiger partial charge in [-0.15, -0.1) is 0 Å². The molecule has 0 saturated carbocycles. The first-order valence-electron chi connectivity index (χ1n) is 11.9. The van der Waals surface area contributed by atoms with Gasteiger partial charge in [0, 0.05) is 12.1 Å². The third-order valence-electron chi connectivity index (χ3n) is 5.68. The quantitative estimate of drug-likeness (QED) is 0.145. The van der Waals surface area contributed by atoms with Crippen molar-refractivity contribution in [3.63, 3.8) is 0 Å². The maximum absolute atomic E-state index is 12.3. The van der Waals surface area contributed by atoms with Crippen molar-refractivity contribution in [3.05, 3.63) is 117 Å². The van der Waals surface area contributed by atoms with E-state index in [0.29, 0.717) is 27.2 Å². The molecule has 4 rings (SSSR count). The van der Waals surface area contributed by atoms with Crippen LogP contribution < -0.4 is 44.3 Å². The number of nitrogens with one attached hydrogen (secondary N) is 1. The molecule has 0 spiro atoms. The van der Waals surface area contributed by atoms with Gasteiger partial charge in [0.25, 0.3) is 0 Å². The zero-order valence-corrected chi connectivity index (χ0v) is 26.5. The molecule has 4 aromatic rings. The van der Waals surface area contributed by atoms with Crippen molar-refractivity contribution in [3.8, 4) is 17.2 Å². The van der Waals surface area contributed by atoms with Crippen LogP contribution in [-0.2, 0) is 0 Å². The number of methoxy groups -OCH3 is 2. The van der Waals surface area contributed by atoms with Gasteiger partial charge < -0.3 is 26.4 Å². The molecule has 0 aromatic heterocycles. The predicted octanol–water partition coefficient (Wildman–Crippen LogP) is 5.17. The summed E-state index contributed by atoms with van der Waals surface area (Å²) in [4.78, 5) is 23.4. The molecule has 3 N–H and O–H groups in total. The Bertz CT molecular complexity index is 1550. The zero-order chi connectivity index (χ0) is 29.2. The van der Waals surface area contributed by atoms with Crippen molar-refractivity contribution in [1.29, 1.82) is 0 Å². The minimum absolute atomic E-state index is 0. The standard InChI is InChI=1S/C17H16O4.C14H11Cl2NO2.Na.H/c1-20-13-10-15(19)17(16(11-13)21-2)14(18)9-8-12-6-4-3-5-7-12;1-8-6-7-10(15)13(12(8)16)17-11-5-3-2-4-9(11)14(18)19;;/h3-11,19H,1-2H3;2-7,17H,1H3,(H,18,19);;/q;;+1;-1. The van der Waals surface area contributed by atoms with E-state index < -0.39 is 5.97 Å². The monoisotopic (exact) mass is 603 g/mol. The van der Waals surface area contributed by atoms with Crippen molar-refractivity contribution in [2.75, 3.05) is 19.5 Å². The number of carbonyl (C=O) groups excluding carboxylic acids is 1. The number of aryl methyl sites for hydroxylation is 1. The normalized spacial score (nSPS) is 10.2. The fraction of sp³-hybridized carbons (Fsp3) is 0.0968. The van der Waals surface area contributed by atoms with E-state index in [9.17, 15) is 14.7 Å². The number of hydrogen-bond donors (Lipinski definition) is 3. The van der Waals surface area contributed by atoms with Crippen molar-refractivity contribution in [2.24, 2.45) is 0 Å². The smallest absolute Gasteiger partial charge is 1.00 e. The Balaban J connectivity index is 0.000000403. The van der Waals surface area contributed by atoms with Gasteiger partial charge in [-0.1, -0.05) is 77.8 Å². The van der Waals surface area contributed by atoms with E-state index >= 15 is 0 Å². The number of carboxylic acid groups (broad SMARTS) is 1. The predicted molar refractivity (Wildman–Crippen MR) is 160 cm³/mol. The van der Waals surface area contributed by atoms with E-state index in [2.05, 4.69) is 5.32 Å². The van der Waals surface area contributed by atoms with Crippen LogP contribution in [0.4, 0.5) is 11.4 Å². The number of hydrogen-bond acceptors (Lipinski definition) is 6. The van der Waals surface area contributed by atoms with Gasteiger partial charge in [-0.25, -0.2) is 4.79 Å². The fourth-order valence-electron chi connectivity index (χ4n) is 3.61. The summed E-state index contributed by atoms with van der Waals surface area (Å²) in [5.74, 6) is -0.824. The molecule has 0 unspecified atom stereocenters. The first-order chi connectivity index (χ1) is 19.2. The Hall–Kier alpha value is -3.46. The second-order valence-electron chi connectivity index (χ2n) is 8.36. The minimum atomic E-state index is -1.01. The molecule has 208 valence electrons. The number of carbonyl (C=O) groups is 2. The number of phenolic OH excluding ortho intramolecular Hbond substituents is 1. The number of allylic oxidation sites excluding steroid dienone is 1. The van der Waals surface area contributed by atoms with E-state index in [1.165, 1.54) is 32.4 Å². The maximum atomic E-state index is 12.3. The third kappa shape index (κ3) is 9.01. The summed E-state index contributed by atoms with van der Waals surface area (Å²) >= 11 is 12.3. The Kier molecular flexibility index (Phi) is 13.3. The zero-order valence-electron chi connectivity index (χ0n) is 23.9. The summed E-state index contributed by atoms with van der Waals surface area (Å²) in [7, 11) is 2.91. The maximum Gasteiger partial charge on any atom is 1.00 e. The van der Waals surface area contributed by atoms with Crippen LogP contribution in [0.25, 0.3) is 6.08 Å². The molecule has 0 aliphatic heterocycles. The van der Waals surface area contributed by atoms with Gasteiger partial charge in [-0.05, 0) is 42.3 Å². The number of ether oxygens (including phenoxy) is 2. The molecule has 41 heavy (non-hydrogen) atoms. The summed E-state index contributed by atoms with van der Waals surface area (Å²) in [6, 6.07) is 22.5. The van der Waals surface area contributed by atoms with Gasteiger partial charge >= 0.3 is 35.5 Å². The minimum Gasteiger partial charge on any atom is -1.00 e. The summed E-state index contributed by atoms with van der Waals surface area (Å²) in [6.45, 7) is 1.85. The molecule has 0 fully saturated rings. The second kappa shape index (κ2) is 16.1. The second-order valence-corrected chi connectivity index (χ2v) is 9.15. The molecule has 10 heteroatoms. The summed E-state index contributed by atoms with van der Waals surface area (Å²) in [5, 5.41) is 23.0. The molecule has 0 atom stereocenters. The third-order valence-corrected chi connectivity index (χ3v) is 6.49. The van der Waals surface area contributed by atoms with Crippen LogP contribution >= 0.6 is 23.2 Å². The number of carboxylic acids is 1. The van der Waals surface area contributed by atoms with Gasteiger partial charge in [0.2, 0.25) is 0 Å². The Labute approximate surface area is 272 Å². The largest absolute Gasteiger partial charge is 1.00 e. The molecule has 0 amide bonds. The topological polar surface area (TPSA) is 105 Å². The van der Waals surface area contributed by atoms with E-state index in [0.717, 1.165) is 11.1 Å². The molecule has 4 aromatic carbocycles. The molecule has 0 aliphatic rings. The van der Waals surface area contributed by atoms with E-state index in [1.807, 2.05) is 37.3 Å². The number of anilines is 2. The van der Waals surface area contributed by atoms with Gasteiger partial charge in [-0.2, -0.15) is 0 Å². The van der Waals surface area contributed by atoms with Crippen molar-refractivity contribution in [2.45, 2.75) is 6.92 Å². The van der Waals surface area contributed by atoms with Gasteiger partial charge in [0.15, 0.2) is 5.78 Å². The number of aromatic carboxylic acids is 1. The van der Waals surface area contributed by atoms with Crippen LogP contribution in [0.5, 0.6) is 17.2 Å². The van der Waals surface area contributed by atoms with E-state index in [1.54, 1.807) is 42.5 Å². The average Bonchev–Trinajstić information content (AvgIpc) is 2.96. The Morgan fingerprint density at radius 3 is 2.22 bits per heavy atom. The summed E-state index contributed by atoms with van der Waals surface area (Å²) < 4.78 is 10.2. The molecule has 0 heterocycles. The molecule has 0 radical (unpaired) electrons. The number of rotatable bonds is 8. The molecular formula is C31H28Cl2NNaO6. The van der Waals surface area contributed by atoms with Gasteiger partial charge in [0.1, 0.15) is 22.8 Å². The van der Waals surface area contributed by atoms with Crippen LogP contribution in [0.15, 0.2) is 84.9 Å². The Morgan fingerprint density at radius 1 is 0.927 bits per heavy atom. The van der Waals surface area contributed by atoms with E-state index in [4.69, 9.17) is 37.8 Å². The number of ketones is 1. The van der Waals surface area contributed by atoms with Gasteiger partial charge in [0.05, 0.1) is 41.2 Å². The fourth-order valence-corrected chi connectivity index (χ4v) is 4.07. The molecular weight excluding hydrogens is 576 g/mol. The Morgan fingerprint density at radius 2 is 1.59 bits per heavy atom. The van der Waals surface area contributed by atoms with Crippen LogP contribution in [0.1, 0.15) is 33.3 Å². The van der Waals surface area contributed by atoms with Gasteiger partial charge in [-0.3, -0.25) is 4.79 Å². The van der Waals surface area contributed by atoms with Crippen LogP contribution in [0.3, 0.4) is 0 Å². The van der Waals surface area contributed by atoms with Crippen LogP contribution in [0, 0.1) is 6.92 Å². The van der Waals surface area contributed by atoms with Crippen LogP contribution in [-0.4, -0.2) is 36.2 Å². The SMILES string of the molecule is COc1cc(O)c(C(=O)C=Cc2ccccc2)c(OC)c1.Cc1ccc(Cl)c(Nc2ccccc2C(=O)O)c1Cl.[H-].[Na+]. The summed E-state index contributed by atoms with van der Waals surface area (Å²) in [6.07, 6.45) is 3.09. The number of phenols is 1. The van der Waals surface area contributed by atoms with E-state index in [-0.39, 0.29) is 59.4 Å². The number of benzene rings is 4. The molecule has 0 saturated heterocycles. The van der Waals surface area contributed by atoms with Crippen molar-refractivity contribution >= 4 is 52.4 Å². The molecule has 0 aliphatic carbocycles. The average molecular weight is 604 g/mol. The number of aromatic hydroxyl groups is 1. The number of halogens is 2. The van der Waals surface area contributed by atoms with Crippen molar-refractivity contribution in [1.82, 2.24) is 0 Å². The number of para-hydroxylation sites is 1. The van der Waals surface area contributed by atoms with Crippen LogP contribution in [0.2, 0.25) is 10.0 Å². The first kappa shape index (κ1) is 33.7. The van der Waals surface area contributed by atoms with Crippen molar-refractivity contribution < 1.29 is 60.3 Å². The first-order valence-corrected chi connectivity index (χ1v) is 12.7.